The largest absolute Gasteiger partial charge is 0.481 e. The number of hydrogen-bond acceptors (Lipinski definition) is 3. The number of aryl methyl sites for hydroxylation is 1. The predicted octanol–water partition coefficient (Wildman–Crippen LogP) is 1.99. The van der Waals surface area contributed by atoms with E-state index in [2.05, 4.69) is 4.98 Å². The molecule has 1 heterocycles. The molecule has 0 aliphatic carbocycles. The normalized spacial score (nSPS) is 10.9. The number of aromatic nitrogens is 1. The van der Waals surface area contributed by atoms with Crippen molar-refractivity contribution in [3.63, 3.8) is 0 Å². The van der Waals surface area contributed by atoms with Crippen molar-refractivity contribution in [3.05, 3.63) is 17.3 Å². The van der Waals surface area contributed by atoms with Crippen molar-refractivity contribution >= 4 is 5.97 Å². The molecule has 1 aromatic heterocycles. The minimum absolute atomic E-state index is 0.0805. The Bertz CT molecular complexity index is 328. The van der Waals surface area contributed by atoms with E-state index in [9.17, 15) is 4.79 Å². The number of oxazole rings is 1. The molecule has 0 bridgehead atoms. The molecule has 1 aromatic rings. The third-order valence-electron chi connectivity index (χ3n) is 1.94. The van der Waals surface area contributed by atoms with Gasteiger partial charge >= 0.3 is 5.97 Å². The fraction of sp³-hybridized carbons (Fsp3) is 0.600. The predicted molar refractivity (Wildman–Crippen MR) is 51.3 cm³/mol. The first kappa shape index (κ1) is 10.8. The number of aliphatic carboxylic acids is 1. The topological polar surface area (TPSA) is 63.3 Å². The van der Waals surface area contributed by atoms with Gasteiger partial charge in [0.05, 0.1) is 5.69 Å². The Kier molecular flexibility index (Phi) is 3.28. The molecule has 1 rings (SSSR count). The summed E-state index contributed by atoms with van der Waals surface area (Å²) < 4.78 is 5.39. The average molecular weight is 197 g/mol. The molecule has 14 heavy (non-hydrogen) atoms. The summed E-state index contributed by atoms with van der Waals surface area (Å²) in [5.41, 5.74) is 0.760. The lowest BCUT2D eigenvalue weighted by Crippen LogP contribution is -2.01. The quantitative estimate of drug-likeness (QED) is 0.801. The second-order valence-electron chi connectivity index (χ2n) is 3.50. The van der Waals surface area contributed by atoms with Crippen molar-refractivity contribution < 1.29 is 14.3 Å². The van der Waals surface area contributed by atoms with Crippen LogP contribution in [0.25, 0.3) is 0 Å². The first-order valence-corrected chi connectivity index (χ1v) is 4.74. The van der Waals surface area contributed by atoms with Gasteiger partial charge in [-0.15, -0.1) is 0 Å². The van der Waals surface area contributed by atoms with Gasteiger partial charge in [-0.25, -0.2) is 4.98 Å². The highest BCUT2D eigenvalue weighted by Crippen LogP contribution is 2.19. The molecule has 0 saturated heterocycles. The van der Waals surface area contributed by atoms with Gasteiger partial charge in [0, 0.05) is 5.92 Å². The van der Waals surface area contributed by atoms with E-state index in [-0.39, 0.29) is 12.3 Å². The van der Waals surface area contributed by atoms with Gasteiger partial charge in [-0.05, 0) is 6.42 Å². The number of hydrogen-bond donors (Lipinski definition) is 1. The van der Waals surface area contributed by atoms with Crippen molar-refractivity contribution in [2.45, 2.75) is 39.5 Å². The minimum Gasteiger partial charge on any atom is -0.481 e. The van der Waals surface area contributed by atoms with Gasteiger partial charge in [-0.1, -0.05) is 20.8 Å². The van der Waals surface area contributed by atoms with E-state index in [0.717, 1.165) is 5.69 Å². The van der Waals surface area contributed by atoms with Crippen LogP contribution in [0.15, 0.2) is 4.42 Å². The van der Waals surface area contributed by atoms with E-state index < -0.39 is 5.97 Å². The standard InChI is InChI=1S/C10H15NO3/c1-4-7-8(5-9(12)13)14-10(11-7)6(2)3/h6H,4-5H2,1-3H3,(H,12,13). The Labute approximate surface area is 83.0 Å². The fourth-order valence-corrected chi connectivity index (χ4v) is 1.20. The van der Waals surface area contributed by atoms with Crippen LogP contribution in [-0.2, 0) is 17.6 Å². The zero-order valence-electron chi connectivity index (χ0n) is 8.70. The monoisotopic (exact) mass is 197 g/mol. The van der Waals surface area contributed by atoms with Gasteiger partial charge in [-0.2, -0.15) is 0 Å². The van der Waals surface area contributed by atoms with Crippen molar-refractivity contribution in [2.75, 3.05) is 0 Å². The van der Waals surface area contributed by atoms with Gasteiger partial charge in [0.15, 0.2) is 5.89 Å². The lowest BCUT2D eigenvalue weighted by atomic mass is 10.2. The second kappa shape index (κ2) is 4.26. The number of nitrogens with zero attached hydrogens (tertiary/aromatic N) is 1. The van der Waals surface area contributed by atoms with Crippen LogP contribution in [0.5, 0.6) is 0 Å². The summed E-state index contributed by atoms with van der Waals surface area (Å²) >= 11 is 0. The van der Waals surface area contributed by atoms with Crippen molar-refractivity contribution in [1.82, 2.24) is 4.98 Å². The highest BCUT2D eigenvalue weighted by Gasteiger charge is 2.16. The Morgan fingerprint density at radius 3 is 2.64 bits per heavy atom. The third-order valence-corrected chi connectivity index (χ3v) is 1.94. The van der Waals surface area contributed by atoms with Gasteiger partial charge in [0.1, 0.15) is 12.2 Å². The molecule has 0 amide bonds. The van der Waals surface area contributed by atoms with Crippen LogP contribution >= 0.6 is 0 Å². The van der Waals surface area contributed by atoms with E-state index in [1.807, 2.05) is 20.8 Å². The summed E-state index contributed by atoms with van der Waals surface area (Å²) in [5.74, 6) is 0.427. The van der Waals surface area contributed by atoms with Crippen LogP contribution in [0.3, 0.4) is 0 Å². The molecule has 0 spiro atoms. The lowest BCUT2D eigenvalue weighted by Gasteiger charge is -1.95. The van der Waals surface area contributed by atoms with Crippen LogP contribution in [0.2, 0.25) is 0 Å². The molecule has 1 N–H and O–H groups in total. The summed E-state index contributed by atoms with van der Waals surface area (Å²) in [6.45, 7) is 5.87. The molecule has 78 valence electrons. The molecule has 0 saturated carbocycles. The molecule has 4 heteroatoms. The molecular weight excluding hydrogens is 182 g/mol. The number of carboxylic acid groups (broad SMARTS) is 1. The molecule has 0 unspecified atom stereocenters. The second-order valence-corrected chi connectivity index (χ2v) is 3.50. The van der Waals surface area contributed by atoms with Crippen molar-refractivity contribution in [1.29, 1.82) is 0 Å². The zero-order chi connectivity index (χ0) is 10.7. The highest BCUT2D eigenvalue weighted by atomic mass is 16.4. The maximum Gasteiger partial charge on any atom is 0.311 e. The van der Waals surface area contributed by atoms with Gasteiger partial charge in [0.2, 0.25) is 0 Å². The van der Waals surface area contributed by atoms with E-state index in [1.165, 1.54) is 0 Å². The first-order chi connectivity index (χ1) is 6.54. The van der Waals surface area contributed by atoms with Gasteiger partial charge < -0.3 is 9.52 Å². The maximum absolute atomic E-state index is 10.5. The molecule has 0 fully saturated rings. The number of carbonyl (C=O) groups is 1. The van der Waals surface area contributed by atoms with Crippen molar-refractivity contribution in [2.24, 2.45) is 0 Å². The van der Waals surface area contributed by atoms with E-state index in [0.29, 0.717) is 18.1 Å². The number of rotatable bonds is 4. The van der Waals surface area contributed by atoms with Crippen LogP contribution in [0, 0.1) is 0 Å². The molecule has 0 aliphatic rings. The van der Waals surface area contributed by atoms with Crippen molar-refractivity contribution in [3.8, 4) is 0 Å². The molecule has 0 radical (unpaired) electrons. The Morgan fingerprint density at radius 1 is 1.57 bits per heavy atom. The Hall–Kier alpha value is -1.32. The summed E-state index contributed by atoms with van der Waals surface area (Å²) in [6, 6.07) is 0. The van der Waals surface area contributed by atoms with Crippen LogP contribution in [0.1, 0.15) is 44.0 Å². The summed E-state index contributed by atoms with van der Waals surface area (Å²) in [7, 11) is 0. The van der Waals surface area contributed by atoms with Gasteiger partial charge in [0.25, 0.3) is 0 Å². The van der Waals surface area contributed by atoms with E-state index in [4.69, 9.17) is 9.52 Å². The molecule has 0 aliphatic heterocycles. The van der Waals surface area contributed by atoms with E-state index >= 15 is 0 Å². The fourth-order valence-electron chi connectivity index (χ4n) is 1.20. The molecular formula is C10H15NO3. The zero-order valence-corrected chi connectivity index (χ0v) is 8.70. The maximum atomic E-state index is 10.5. The average Bonchev–Trinajstić information content (AvgIpc) is 2.46. The first-order valence-electron chi connectivity index (χ1n) is 4.74. The highest BCUT2D eigenvalue weighted by molar-refractivity contribution is 5.69. The van der Waals surface area contributed by atoms with Gasteiger partial charge in [-0.3, -0.25) is 4.79 Å². The Balaban J connectivity index is 2.96. The summed E-state index contributed by atoms with van der Waals surface area (Å²) in [5, 5.41) is 8.65. The van der Waals surface area contributed by atoms with E-state index in [1.54, 1.807) is 0 Å². The summed E-state index contributed by atoms with van der Waals surface area (Å²) in [6.07, 6.45) is 0.627. The number of carboxylic acids is 1. The minimum atomic E-state index is -0.883. The Morgan fingerprint density at radius 2 is 2.21 bits per heavy atom. The molecule has 4 nitrogen and oxygen atoms in total. The molecule has 0 atom stereocenters. The molecule has 0 aromatic carbocycles. The van der Waals surface area contributed by atoms with Crippen LogP contribution in [-0.4, -0.2) is 16.1 Å². The lowest BCUT2D eigenvalue weighted by molar-refractivity contribution is -0.136. The van der Waals surface area contributed by atoms with Crippen LogP contribution in [0.4, 0.5) is 0 Å². The summed E-state index contributed by atoms with van der Waals surface area (Å²) in [4.78, 5) is 14.8. The van der Waals surface area contributed by atoms with Crippen LogP contribution < -0.4 is 0 Å². The smallest absolute Gasteiger partial charge is 0.311 e. The third kappa shape index (κ3) is 2.34. The SMILES string of the molecule is CCc1nc(C(C)C)oc1CC(=O)O.